The van der Waals surface area contributed by atoms with Crippen LogP contribution in [0.5, 0.6) is 0 Å². The first-order chi connectivity index (χ1) is 15.9. The number of nitro groups is 1. The van der Waals surface area contributed by atoms with Gasteiger partial charge in [0.2, 0.25) is 4.74 Å². The fourth-order valence-electron chi connectivity index (χ4n) is 3.31. The Labute approximate surface area is 195 Å². The van der Waals surface area contributed by atoms with E-state index >= 15 is 0 Å². The summed E-state index contributed by atoms with van der Waals surface area (Å²) in [5.74, 6) is 0.369. The zero-order chi connectivity index (χ0) is 23.8. The number of unbranched alkanes of at least 4 members (excludes halogenated alkanes) is 2. The topological polar surface area (TPSA) is 106 Å². The number of nitro benzene ring substituents is 1. The summed E-state index contributed by atoms with van der Waals surface area (Å²) in [5.41, 5.74) is -0.0923. The van der Waals surface area contributed by atoms with Crippen LogP contribution < -0.4 is 19.9 Å². The molecule has 1 heterocycles. The molecule has 0 N–H and O–H groups in total. The van der Waals surface area contributed by atoms with Crippen LogP contribution in [0.2, 0.25) is 0 Å². The van der Waals surface area contributed by atoms with E-state index in [0.29, 0.717) is 34.7 Å². The molecule has 0 amide bonds. The number of fused-ring (bicyclic) bond motifs is 1. The third-order valence-corrected chi connectivity index (χ3v) is 5.99. The van der Waals surface area contributed by atoms with Gasteiger partial charge >= 0.3 is 0 Å². The van der Waals surface area contributed by atoms with Crippen molar-refractivity contribution in [2.75, 3.05) is 18.0 Å². The largest absolute Gasteiger partial charge is 0.354 e. The predicted octanol–water partition coefficient (Wildman–Crippen LogP) is 4.56. The van der Waals surface area contributed by atoms with Crippen LogP contribution in [0.4, 0.5) is 17.2 Å². The Morgan fingerprint density at radius 1 is 0.970 bits per heavy atom. The second kappa shape index (κ2) is 11.4. The van der Waals surface area contributed by atoms with Crippen molar-refractivity contribution >= 4 is 39.3 Å². The standard InChI is InChI=1S/C24H26N4O4S/c1-3-5-15-27(16-6-4-2)21-23(25-17-11-13-18(14-12-17)28(31)32)33-24(30)20-10-8-7-9-19(20)22(29)26-21/h7-14H,3-6,15-16H2,1-2H3. The zero-order valence-electron chi connectivity index (χ0n) is 18.7. The maximum Gasteiger partial charge on any atom is 0.279 e. The van der Waals surface area contributed by atoms with Gasteiger partial charge in [-0.15, -0.1) is 0 Å². The number of anilines is 1. The second-order valence-corrected chi connectivity index (χ2v) is 8.52. The minimum atomic E-state index is -0.483. The lowest BCUT2D eigenvalue weighted by atomic mass is 10.2. The second-order valence-electron chi connectivity index (χ2n) is 7.56. The molecule has 0 atom stereocenters. The minimum Gasteiger partial charge on any atom is -0.354 e. The van der Waals surface area contributed by atoms with Gasteiger partial charge < -0.3 is 4.90 Å². The zero-order valence-corrected chi connectivity index (χ0v) is 19.5. The van der Waals surface area contributed by atoms with Crippen molar-refractivity contribution in [2.24, 2.45) is 4.99 Å². The highest BCUT2D eigenvalue weighted by atomic mass is 32.1. The van der Waals surface area contributed by atoms with Crippen LogP contribution in [0.1, 0.15) is 39.5 Å². The Morgan fingerprint density at radius 3 is 2.15 bits per heavy atom. The average molecular weight is 467 g/mol. The molecule has 172 valence electrons. The summed E-state index contributed by atoms with van der Waals surface area (Å²) >= 11 is 0.926. The van der Waals surface area contributed by atoms with E-state index in [-0.39, 0.29) is 15.8 Å². The molecular weight excluding hydrogens is 440 g/mol. The van der Waals surface area contributed by atoms with E-state index in [1.165, 1.54) is 24.3 Å². The Balaban J connectivity index is 2.34. The summed E-state index contributed by atoms with van der Waals surface area (Å²) in [6.07, 6.45) is 3.73. The van der Waals surface area contributed by atoms with Crippen LogP contribution >= 0.6 is 11.3 Å². The van der Waals surface area contributed by atoms with E-state index in [4.69, 9.17) is 0 Å². The van der Waals surface area contributed by atoms with Crippen LogP contribution in [0.25, 0.3) is 10.8 Å². The molecule has 0 saturated carbocycles. The van der Waals surface area contributed by atoms with Crippen molar-refractivity contribution in [3.63, 3.8) is 0 Å². The lowest BCUT2D eigenvalue weighted by molar-refractivity contribution is -0.384. The predicted molar refractivity (Wildman–Crippen MR) is 133 cm³/mol. The van der Waals surface area contributed by atoms with E-state index in [2.05, 4.69) is 23.8 Å². The maximum atomic E-state index is 13.1. The van der Waals surface area contributed by atoms with Crippen LogP contribution in [0.15, 0.2) is 63.1 Å². The normalized spacial score (nSPS) is 11.5. The first kappa shape index (κ1) is 24.2. The lowest BCUT2D eigenvalue weighted by Gasteiger charge is -2.22. The molecule has 33 heavy (non-hydrogen) atoms. The lowest BCUT2D eigenvalue weighted by Crippen LogP contribution is -2.32. The van der Waals surface area contributed by atoms with Crippen LogP contribution in [-0.4, -0.2) is 23.0 Å². The summed E-state index contributed by atoms with van der Waals surface area (Å²) in [6, 6.07) is 12.4. The smallest absolute Gasteiger partial charge is 0.279 e. The summed E-state index contributed by atoms with van der Waals surface area (Å²) in [7, 11) is 0. The van der Waals surface area contributed by atoms with Crippen molar-refractivity contribution in [3.8, 4) is 0 Å². The summed E-state index contributed by atoms with van der Waals surface area (Å²) in [5, 5.41) is 11.5. The highest BCUT2D eigenvalue weighted by molar-refractivity contribution is 7.07. The molecule has 0 saturated heterocycles. The molecule has 8 nitrogen and oxygen atoms in total. The van der Waals surface area contributed by atoms with Gasteiger partial charge in [-0.1, -0.05) is 50.2 Å². The number of benzene rings is 2. The van der Waals surface area contributed by atoms with E-state index < -0.39 is 10.5 Å². The Morgan fingerprint density at radius 2 is 1.58 bits per heavy atom. The van der Waals surface area contributed by atoms with Gasteiger partial charge in [0.15, 0.2) is 10.5 Å². The van der Waals surface area contributed by atoms with Gasteiger partial charge in [-0.05, 0) is 37.1 Å². The van der Waals surface area contributed by atoms with Crippen LogP contribution in [0.3, 0.4) is 0 Å². The summed E-state index contributed by atoms with van der Waals surface area (Å²) in [4.78, 5) is 47.7. The number of rotatable bonds is 9. The van der Waals surface area contributed by atoms with Crippen molar-refractivity contribution in [1.82, 2.24) is 4.98 Å². The van der Waals surface area contributed by atoms with Crippen LogP contribution in [0, 0.1) is 10.1 Å². The molecule has 0 unspecified atom stereocenters. The molecule has 0 spiro atoms. The highest BCUT2D eigenvalue weighted by Crippen LogP contribution is 2.18. The fourth-order valence-corrected chi connectivity index (χ4v) is 4.19. The molecule has 2 aromatic carbocycles. The first-order valence-corrected chi connectivity index (χ1v) is 11.8. The Kier molecular flexibility index (Phi) is 8.37. The van der Waals surface area contributed by atoms with Gasteiger partial charge in [-0.3, -0.25) is 19.7 Å². The third-order valence-electron chi connectivity index (χ3n) is 5.12. The van der Waals surface area contributed by atoms with Gasteiger partial charge in [0, 0.05) is 30.6 Å². The number of hydrogen-bond acceptors (Lipinski definition) is 8. The van der Waals surface area contributed by atoms with Gasteiger partial charge in [0.25, 0.3) is 11.2 Å². The molecule has 0 aliphatic carbocycles. The minimum absolute atomic E-state index is 0.0501. The molecular formula is C24H26N4O4S. The third kappa shape index (κ3) is 6.07. The fraction of sp³-hybridized carbons (Fsp3) is 0.333. The molecule has 0 fully saturated rings. The van der Waals surface area contributed by atoms with E-state index in [1.807, 2.05) is 4.90 Å². The van der Waals surface area contributed by atoms with Gasteiger partial charge in [-0.2, -0.15) is 4.98 Å². The highest BCUT2D eigenvalue weighted by Gasteiger charge is 2.13. The van der Waals surface area contributed by atoms with Gasteiger partial charge in [0.1, 0.15) is 0 Å². The molecule has 0 radical (unpaired) electrons. The van der Waals surface area contributed by atoms with Crippen molar-refractivity contribution < 1.29 is 4.92 Å². The van der Waals surface area contributed by atoms with Crippen molar-refractivity contribution in [1.29, 1.82) is 0 Å². The average Bonchev–Trinajstić information content (AvgIpc) is 2.82. The molecule has 3 rings (SSSR count). The molecule has 3 aromatic rings. The van der Waals surface area contributed by atoms with Crippen LogP contribution in [-0.2, 0) is 0 Å². The monoisotopic (exact) mass is 466 g/mol. The Bertz CT molecular complexity index is 1320. The van der Waals surface area contributed by atoms with E-state index in [9.17, 15) is 19.7 Å². The van der Waals surface area contributed by atoms with E-state index in [0.717, 1.165) is 37.0 Å². The van der Waals surface area contributed by atoms with Gasteiger partial charge in [-0.25, -0.2) is 4.99 Å². The van der Waals surface area contributed by atoms with Crippen molar-refractivity contribution in [2.45, 2.75) is 39.5 Å². The number of hydrogen-bond donors (Lipinski definition) is 0. The Hall–Kier alpha value is -3.46. The van der Waals surface area contributed by atoms with Crippen molar-refractivity contribution in [3.05, 3.63) is 83.2 Å². The molecule has 0 aliphatic heterocycles. The quantitative estimate of drug-likeness (QED) is 0.338. The molecule has 0 bridgehead atoms. The molecule has 0 aliphatic rings. The summed E-state index contributed by atoms with van der Waals surface area (Å²) in [6.45, 7) is 5.53. The van der Waals surface area contributed by atoms with E-state index in [1.54, 1.807) is 24.3 Å². The number of aromatic nitrogens is 1. The SMILES string of the molecule is CCCCN(CCCC)c1nc(=O)c2ccccc2c(=O)sc1=Nc1ccc([N+](=O)[O-])cc1. The molecule has 9 heteroatoms. The first-order valence-electron chi connectivity index (χ1n) is 11.0. The number of non-ortho nitro benzene ring substituents is 1. The van der Waals surface area contributed by atoms with Gasteiger partial charge in [0.05, 0.1) is 16.0 Å². The summed E-state index contributed by atoms with van der Waals surface area (Å²) < 4.78 is 0.0156. The molecule has 1 aromatic heterocycles. The number of nitrogens with zero attached hydrogens (tertiary/aromatic N) is 4. The maximum absolute atomic E-state index is 13.1.